The first-order chi connectivity index (χ1) is 13.4. The van der Waals surface area contributed by atoms with Gasteiger partial charge in [0, 0.05) is 30.3 Å². The van der Waals surface area contributed by atoms with E-state index in [0.29, 0.717) is 19.5 Å². The molecule has 1 fully saturated rings. The monoisotopic (exact) mass is 469 g/mol. The topological polar surface area (TPSA) is 58.4 Å². The van der Waals surface area contributed by atoms with Crippen LogP contribution in [0.5, 0.6) is 0 Å². The van der Waals surface area contributed by atoms with Crippen molar-refractivity contribution in [3.8, 4) is 0 Å². The lowest BCUT2D eigenvalue weighted by Gasteiger charge is -2.51. The van der Waals surface area contributed by atoms with Crippen molar-refractivity contribution in [3.05, 3.63) is 70.8 Å². The lowest BCUT2D eigenvalue weighted by molar-refractivity contribution is 0.0363. The summed E-state index contributed by atoms with van der Waals surface area (Å²) in [5.74, 6) is 0.0445. The smallest absolute Gasteiger partial charge is 0.254 e. The molecule has 30 heavy (non-hydrogen) atoms. The summed E-state index contributed by atoms with van der Waals surface area (Å²) in [6, 6.07) is 15.9. The van der Waals surface area contributed by atoms with Gasteiger partial charge in [0.05, 0.1) is 11.7 Å². The summed E-state index contributed by atoms with van der Waals surface area (Å²) in [6.45, 7) is 7.44. The van der Waals surface area contributed by atoms with E-state index in [4.69, 9.17) is 18.4 Å². The third kappa shape index (κ3) is 5.51. The summed E-state index contributed by atoms with van der Waals surface area (Å²) in [6.07, 6.45) is 1.48. The van der Waals surface area contributed by atoms with Crippen LogP contribution in [0.3, 0.4) is 0 Å². The Morgan fingerprint density at radius 2 is 1.87 bits per heavy atom. The van der Waals surface area contributed by atoms with Crippen LogP contribution in [0.2, 0.25) is 0 Å². The van der Waals surface area contributed by atoms with Crippen LogP contribution in [-0.4, -0.2) is 40.9 Å². The van der Waals surface area contributed by atoms with E-state index in [1.807, 2.05) is 55.1 Å². The number of aryl methyl sites for hydroxylation is 1. The van der Waals surface area contributed by atoms with Crippen molar-refractivity contribution >= 4 is 43.4 Å². The third-order valence-electron chi connectivity index (χ3n) is 5.89. The first-order valence-corrected chi connectivity index (χ1v) is 10.5. The van der Waals surface area contributed by atoms with E-state index < -0.39 is 5.66 Å². The number of piperazine rings is 1. The van der Waals surface area contributed by atoms with Gasteiger partial charge in [-0.15, -0.1) is 24.8 Å². The molecule has 3 atom stereocenters. The minimum absolute atomic E-state index is 0. The summed E-state index contributed by atoms with van der Waals surface area (Å²) >= 11 is 4.85. The Bertz CT molecular complexity index is 836. The molecule has 0 bridgehead atoms. The highest BCUT2D eigenvalue weighted by molar-refractivity contribution is 7.81. The van der Waals surface area contributed by atoms with Gasteiger partial charge in [0.15, 0.2) is 0 Å². The van der Waals surface area contributed by atoms with Crippen LogP contribution in [0.25, 0.3) is 0 Å². The molecule has 1 aliphatic heterocycles. The van der Waals surface area contributed by atoms with E-state index >= 15 is 0 Å². The van der Waals surface area contributed by atoms with Gasteiger partial charge < -0.3 is 10.6 Å². The van der Waals surface area contributed by atoms with E-state index in [0.717, 1.165) is 28.7 Å². The molecule has 1 heterocycles. The first kappa shape index (κ1) is 26.8. The maximum atomic E-state index is 13.6. The van der Waals surface area contributed by atoms with Crippen molar-refractivity contribution in [2.75, 3.05) is 13.1 Å². The fraction of sp³-hybridized carbons (Fsp3) is 0.435. The zero-order valence-electron chi connectivity index (χ0n) is 17.8. The van der Waals surface area contributed by atoms with Crippen molar-refractivity contribution in [1.82, 2.24) is 10.2 Å². The zero-order chi connectivity index (χ0) is 20.3. The Labute approximate surface area is 198 Å². The molecule has 0 aliphatic carbocycles. The summed E-state index contributed by atoms with van der Waals surface area (Å²) in [5, 5.41) is 3.49. The largest absolute Gasteiger partial charge is 0.330 e. The molecule has 3 rings (SSSR count). The standard InChI is InChI=1S/C23H31N3OS.2ClH/c1-4-20(28)21-23(24,15-18-10-6-5-7-11-18)25-13-14-26(21)22(27)19-12-8-9-16(2)17(19)3;;/h5-12,20-21,25,28H,4,13-15,24H2,1-3H3;2*1H. The van der Waals surface area contributed by atoms with Crippen LogP contribution in [0.4, 0.5) is 0 Å². The molecule has 2 aromatic carbocycles. The predicted molar refractivity (Wildman–Crippen MR) is 133 cm³/mol. The van der Waals surface area contributed by atoms with E-state index in [1.54, 1.807) is 0 Å². The molecular weight excluding hydrogens is 437 g/mol. The number of hydrogen-bond acceptors (Lipinski definition) is 4. The molecule has 2 aromatic rings. The Kier molecular flexibility index (Phi) is 10.2. The summed E-state index contributed by atoms with van der Waals surface area (Å²) in [7, 11) is 0. The van der Waals surface area contributed by atoms with Gasteiger partial charge in [0.25, 0.3) is 5.91 Å². The van der Waals surface area contributed by atoms with Crippen LogP contribution in [0.1, 0.15) is 40.4 Å². The second-order valence-electron chi connectivity index (χ2n) is 7.80. The second-order valence-corrected chi connectivity index (χ2v) is 8.46. The Balaban J connectivity index is 0.00000225. The van der Waals surface area contributed by atoms with E-state index in [9.17, 15) is 4.79 Å². The third-order valence-corrected chi connectivity index (χ3v) is 6.54. The Morgan fingerprint density at radius 3 is 2.50 bits per heavy atom. The van der Waals surface area contributed by atoms with Crippen molar-refractivity contribution in [2.24, 2.45) is 5.73 Å². The lowest BCUT2D eigenvalue weighted by Crippen LogP contribution is -2.75. The summed E-state index contributed by atoms with van der Waals surface area (Å²) < 4.78 is 0. The van der Waals surface area contributed by atoms with Gasteiger partial charge in [-0.1, -0.05) is 49.4 Å². The molecule has 0 aromatic heterocycles. The fourth-order valence-electron chi connectivity index (χ4n) is 4.17. The van der Waals surface area contributed by atoms with Gasteiger partial charge in [-0.05, 0) is 43.0 Å². The highest BCUT2D eigenvalue weighted by atomic mass is 35.5. The number of nitrogens with zero attached hydrogens (tertiary/aromatic N) is 1. The highest BCUT2D eigenvalue weighted by Crippen LogP contribution is 2.29. The molecule has 7 heteroatoms. The number of amides is 1. The van der Waals surface area contributed by atoms with Gasteiger partial charge in [0.2, 0.25) is 0 Å². The molecule has 0 radical (unpaired) electrons. The molecule has 1 amide bonds. The highest BCUT2D eigenvalue weighted by Gasteiger charge is 2.46. The second kappa shape index (κ2) is 11.4. The molecule has 1 aliphatic rings. The minimum Gasteiger partial charge on any atom is -0.330 e. The molecule has 166 valence electrons. The van der Waals surface area contributed by atoms with Gasteiger partial charge in [0.1, 0.15) is 0 Å². The lowest BCUT2D eigenvalue weighted by atomic mass is 9.86. The molecular formula is C23H33Cl2N3OS. The maximum absolute atomic E-state index is 13.6. The van der Waals surface area contributed by atoms with Crippen LogP contribution >= 0.6 is 37.4 Å². The van der Waals surface area contributed by atoms with Gasteiger partial charge >= 0.3 is 0 Å². The van der Waals surface area contributed by atoms with Crippen molar-refractivity contribution in [1.29, 1.82) is 0 Å². The quantitative estimate of drug-likeness (QED) is 0.575. The maximum Gasteiger partial charge on any atom is 0.254 e. The van der Waals surface area contributed by atoms with Crippen LogP contribution in [-0.2, 0) is 6.42 Å². The number of halogens is 2. The number of carbonyl (C=O) groups is 1. The van der Waals surface area contributed by atoms with E-state index in [-0.39, 0.29) is 42.0 Å². The average Bonchev–Trinajstić information content (AvgIpc) is 2.69. The van der Waals surface area contributed by atoms with Gasteiger partial charge in [-0.25, -0.2) is 0 Å². The van der Waals surface area contributed by atoms with Crippen LogP contribution in [0, 0.1) is 13.8 Å². The minimum atomic E-state index is -0.727. The normalized spacial score (nSPS) is 21.9. The zero-order valence-corrected chi connectivity index (χ0v) is 20.3. The number of nitrogens with one attached hydrogen (secondary N) is 1. The van der Waals surface area contributed by atoms with E-state index in [1.165, 1.54) is 0 Å². The number of thiol groups is 1. The molecule has 1 saturated heterocycles. The number of carbonyl (C=O) groups excluding carboxylic acids is 1. The number of hydrogen-bond donors (Lipinski definition) is 3. The van der Waals surface area contributed by atoms with Crippen molar-refractivity contribution in [2.45, 2.75) is 50.6 Å². The first-order valence-electron chi connectivity index (χ1n) is 10.0. The number of rotatable bonds is 5. The van der Waals surface area contributed by atoms with Crippen molar-refractivity contribution in [3.63, 3.8) is 0 Å². The van der Waals surface area contributed by atoms with Crippen LogP contribution in [0.15, 0.2) is 48.5 Å². The predicted octanol–water partition coefficient (Wildman–Crippen LogP) is 4.17. The van der Waals surface area contributed by atoms with E-state index in [2.05, 4.69) is 24.4 Å². The molecule has 3 N–H and O–H groups in total. The Morgan fingerprint density at radius 1 is 1.20 bits per heavy atom. The molecule has 0 saturated carbocycles. The fourth-order valence-corrected chi connectivity index (χ4v) is 4.60. The average molecular weight is 471 g/mol. The van der Waals surface area contributed by atoms with Gasteiger partial charge in [-0.3, -0.25) is 10.1 Å². The summed E-state index contributed by atoms with van der Waals surface area (Å²) in [4.78, 5) is 15.5. The SMILES string of the molecule is CCC(S)C1N(C(=O)c2cccc(C)c2C)CCNC1(N)Cc1ccccc1.Cl.Cl. The number of benzene rings is 2. The molecule has 3 unspecified atom stereocenters. The Hall–Kier alpha value is -1.24. The number of nitrogens with two attached hydrogens (primary N) is 1. The van der Waals surface area contributed by atoms with Crippen molar-refractivity contribution < 1.29 is 4.79 Å². The summed E-state index contributed by atoms with van der Waals surface area (Å²) in [5.41, 5.74) is 10.3. The molecule has 0 spiro atoms. The van der Waals surface area contributed by atoms with Gasteiger partial charge in [-0.2, -0.15) is 12.6 Å². The van der Waals surface area contributed by atoms with Crippen LogP contribution < -0.4 is 11.1 Å². The molecule has 4 nitrogen and oxygen atoms in total.